The highest BCUT2D eigenvalue weighted by molar-refractivity contribution is 6.01. The van der Waals surface area contributed by atoms with Crippen LogP contribution in [-0.4, -0.2) is 37.2 Å². The van der Waals surface area contributed by atoms with Crippen LogP contribution in [0.3, 0.4) is 0 Å². The van der Waals surface area contributed by atoms with E-state index in [0.717, 1.165) is 12.8 Å². The van der Waals surface area contributed by atoms with Gasteiger partial charge in [0, 0.05) is 29.8 Å². The fraction of sp³-hybridized carbons (Fsp3) is 0.227. The zero-order chi connectivity index (χ0) is 22.7. The highest BCUT2D eigenvalue weighted by atomic mass is 19.1. The Bertz CT molecular complexity index is 1180. The van der Waals surface area contributed by atoms with Crippen molar-refractivity contribution in [3.05, 3.63) is 54.0 Å². The molecule has 0 atom stereocenters. The fourth-order valence-corrected chi connectivity index (χ4v) is 3.09. The minimum absolute atomic E-state index is 0.0401. The molecule has 1 fully saturated rings. The Labute approximate surface area is 182 Å². The maximum absolute atomic E-state index is 14.5. The summed E-state index contributed by atoms with van der Waals surface area (Å²) in [5.74, 6) is -0.277. The summed E-state index contributed by atoms with van der Waals surface area (Å²) in [7, 11) is 2.76. The number of halogens is 1. The first-order valence-corrected chi connectivity index (χ1v) is 9.83. The molecule has 3 N–H and O–H groups in total. The van der Waals surface area contributed by atoms with E-state index in [4.69, 9.17) is 14.3 Å². The summed E-state index contributed by atoms with van der Waals surface area (Å²) in [6.45, 7) is 0. The Kier molecular flexibility index (Phi) is 6.04. The molecule has 1 aliphatic rings. The monoisotopic (exact) mass is 440 g/mol. The smallest absolute Gasteiger partial charge is 0.319 e. The van der Waals surface area contributed by atoms with Crippen molar-refractivity contribution in [3.63, 3.8) is 0 Å². The van der Waals surface area contributed by atoms with Crippen LogP contribution in [-0.2, 0) is 4.84 Å². The largest absolute Gasteiger partial charge is 0.496 e. The van der Waals surface area contributed by atoms with Gasteiger partial charge in [0.05, 0.1) is 31.0 Å². The summed E-state index contributed by atoms with van der Waals surface area (Å²) in [6, 6.07) is 8.58. The molecule has 166 valence electrons. The summed E-state index contributed by atoms with van der Waals surface area (Å²) in [5, 5.41) is 5.73. The molecule has 3 aromatic rings. The Morgan fingerprint density at radius 2 is 1.91 bits per heavy atom. The Balaban J connectivity index is 1.60. The second-order valence-electron chi connectivity index (χ2n) is 7.13. The lowest BCUT2D eigenvalue weighted by Crippen LogP contribution is -2.30. The predicted octanol–water partition coefficient (Wildman–Crippen LogP) is 3.75. The van der Waals surface area contributed by atoms with Gasteiger partial charge in [0.25, 0.3) is 5.91 Å². The molecule has 2 aromatic carbocycles. The van der Waals surface area contributed by atoms with E-state index in [-0.39, 0.29) is 23.0 Å². The van der Waals surface area contributed by atoms with E-state index in [1.165, 1.54) is 38.6 Å². The Morgan fingerprint density at radius 3 is 2.59 bits per heavy atom. The number of anilines is 1. The van der Waals surface area contributed by atoms with Crippen LogP contribution in [0.2, 0.25) is 0 Å². The zero-order valence-electron chi connectivity index (χ0n) is 17.4. The molecular weight excluding hydrogens is 419 g/mol. The lowest BCUT2D eigenvalue weighted by molar-refractivity contribution is 0.0535. The molecular formula is C22H21FN4O5. The summed E-state index contributed by atoms with van der Waals surface area (Å²) in [6.07, 6.45) is 3.40. The van der Waals surface area contributed by atoms with Crippen molar-refractivity contribution in [2.45, 2.75) is 18.9 Å². The molecule has 0 radical (unpaired) electrons. The van der Waals surface area contributed by atoms with Gasteiger partial charge in [-0.05, 0) is 37.1 Å². The summed E-state index contributed by atoms with van der Waals surface area (Å²) in [5.41, 5.74) is 3.02. The molecule has 1 aliphatic carbocycles. The van der Waals surface area contributed by atoms with E-state index in [2.05, 4.69) is 21.1 Å². The third kappa shape index (κ3) is 4.70. The molecule has 0 unspecified atom stereocenters. The maximum atomic E-state index is 14.5. The van der Waals surface area contributed by atoms with E-state index in [1.54, 1.807) is 18.2 Å². The maximum Gasteiger partial charge on any atom is 0.319 e. The van der Waals surface area contributed by atoms with Gasteiger partial charge >= 0.3 is 6.03 Å². The highest BCUT2D eigenvalue weighted by Crippen LogP contribution is 2.34. The number of carbonyl (C=O) groups is 2. The molecule has 1 heterocycles. The van der Waals surface area contributed by atoms with Crippen LogP contribution in [0.15, 0.2) is 42.6 Å². The van der Waals surface area contributed by atoms with E-state index in [0.29, 0.717) is 22.4 Å². The zero-order valence-corrected chi connectivity index (χ0v) is 17.4. The molecule has 3 amide bonds. The third-order valence-electron chi connectivity index (χ3n) is 4.79. The van der Waals surface area contributed by atoms with Crippen molar-refractivity contribution < 1.29 is 28.3 Å². The number of aromatic nitrogens is 1. The fourth-order valence-electron chi connectivity index (χ4n) is 3.09. The van der Waals surface area contributed by atoms with Crippen molar-refractivity contribution in [2.75, 3.05) is 19.5 Å². The number of methoxy groups -OCH3 is 1. The number of pyridine rings is 1. The van der Waals surface area contributed by atoms with Crippen molar-refractivity contribution >= 4 is 28.5 Å². The van der Waals surface area contributed by atoms with E-state index in [1.807, 2.05) is 0 Å². The second kappa shape index (κ2) is 9.06. The minimum atomic E-state index is -0.645. The van der Waals surface area contributed by atoms with E-state index in [9.17, 15) is 14.0 Å². The third-order valence-corrected chi connectivity index (χ3v) is 4.79. The number of fused-ring (bicyclic) bond motifs is 1. The van der Waals surface area contributed by atoms with Crippen LogP contribution in [0.25, 0.3) is 10.9 Å². The predicted molar refractivity (Wildman–Crippen MR) is 114 cm³/mol. The van der Waals surface area contributed by atoms with Gasteiger partial charge in [0.2, 0.25) is 0 Å². The molecule has 4 rings (SSSR count). The van der Waals surface area contributed by atoms with Crippen LogP contribution in [0, 0.1) is 5.82 Å². The van der Waals surface area contributed by atoms with Crippen LogP contribution >= 0.6 is 0 Å². The first kappa shape index (κ1) is 21.3. The summed E-state index contributed by atoms with van der Waals surface area (Å²) < 4.78 is 25.7. The van der Waals surface area contributed by atoms with Gasteiger partial charge in [-0.15, -0.1) is 0 Å². The topological polar surface area (TPSA) is 111 Å². The number of carbonyl (C=O) groups excluding carboxylic acids is 2. The lowest BCUT2D eigenvalue weighted by Gasteiger charge is -2.13. The number of amides is 3. The molecule has 0 bridgehead atoms. The SMILES string of the molecule is CONC(=O)c1cc2c(Oc3ccc(NC(=O)NC4CC4)c(F)c3)ccnc2cc1OC. The first-order chi connectivity index (χ1) is 15.5. The number of hydrogen-bond donors (Lipinski definition) is 3. The van der Waals surface area contributed by atoms with Gasteiger partial charge in [-0.25, -0.2) is 14.7 Å². The number of urea groups is 1. The van der Waals surface area contributed by atoms with Gasteiger partial charge in [-0.3, -0.25) is 14.6 Å². The van der Waals surface area contributed by atoms with Crippen molar-refractivity contribution in [2.24, 2.45) is 0 Å². The first-order valence-electron chi connectivity index (χ1n) is 9.83. The standard InChI is InChI=1S/C22H21FN4O5/c1-30-20-11-18-14(10-15(20)21(28)27-31-2)19(7-8-24-18)32-13-5-6-17(16(23)9-13)26-22(29)25-12-3-4-12/h5-12H,3-4H2,1-2H3,(H,27,28)(H2,25,26,29). The molecule has 0 saturated heterocycles. The van der Waals surface area contributed by atoms with E-state index >= 15 is 0 Å². The van der Waals surface area contributed by atoms with Crippen LogP contribution < -0.4 is 25.6 Å². The number of benzene rings is 2. The van der Waals surface area contributed by atoms with Crippen molar-refractivity contribution in [1.29, 1.82) is 0 Å². The summed E-state index contributed by atoms with van der Waals surface area (Å²) in [4.78, 5) is 33.1. The highest BCUT2D eigenvalue weighted by Gasteiger charge is 2.23. The van der Waals surface area contributed by atoms with Crippen molar-refractivity contribution in [3.8, 4) is 17.2 Å². The number of rotatable bonds is 7. The minimum Gasteiger partial charge on any atom is -0.496 e. The number of nitrogens with zero attached hydrogens (tertiary/aromatic N) is 1. The molecule has 0 aliphatic heterocycles. The number of ether oxygens (including phenoxy) is 2. The average molecular weight is 440 g/mol. The van der Waals surface area contributed by atoms with Crippen LogP contribution in [0.1, 0.15) is 23.2 Å². The number of hydroxylamine groups is 1. The van der Waals surface area contributed by atoms with Crippen molar-refractivity contribution in [1.82, 2.24) is 15.8 Å². The normalized spacial score (nSPS) is 12.8. The van der Waals surface area contributed by atoms with Crippen LogP contribution in [0.5, 0.6) is 17.2 Å². The Hall–Kier alpha value is -3.92. The molecule has 10 heteroatoms. The van der Waals surface area contributed by atoms with Gasteiger partial charge < -0.3 is 20.1 Å². The molecule has 32 heavy (non-hydrogen) atoms. The van der Waals surface area contributed by atoms with Gasteiger partial charge in [0.15, 0.2) is 0 Å². The number of hydrogen-bond acceptors (Lipinski definition) is 6. The molecule has 1 saturated carbocycles. The second-order valence-corrected chi connectivity index (χ2v) is 7.13. The van der Waals surface area contributed by atoms with Gasteiger partial charge in [-0.1, -0.05) is 0 Å². The summed E-state index contributed by atoms with van der Waals surface area (Å²) >= 11 is 0. The van der Waals surface area contributed by atoms with Gasteiger partial charge in [0.1, 0.15) is 23.1 Å². The van der Waals surface area contributed by atoms with Crippen LogP contribution in [0.4, 0.5) is 14.9 Å². The van der Waals surface area contributed by atoms with E-state index < -0.39 is 17.8 Å². The van der Waals surface area contributed by atoms with Gasteiger partial charge in [-0.2, -0.15) is 0 Å². The molecule has 9 nitrogen and oxygen atoms in total. The quantitative estimate of drug-likeness (QED) is 0.483. The average Bonchev–Trinajstić information content (AvgIpc) is 3.59. The lowest BCUT2D eigenvalue weighted by atomic mass is 10.1. The Morgan fingerprint density at radius 1 is 1.09 bits per heavy atom. The molecule has 0 spiro atoms. The molecule has 1 aromatic heterocycles. The number of nitrogens with one attached hydrogen (secondary N) is 3.